The average Bonchev–Trinajstić information content (AvgIpc) is 2.10. The normalized spacial score (nSPS) is 11.8. The molecule has 0 aliphatic heterocycles. The van der Waals surface area contributed by atoms with Gasteiger partial charge in [-0.2, -0.15) is 0 Å². The first-order valence-electron chi connectivity index (χ1n) is 3.83. The summed E-state index contributed by atoms with van der Waals surface area (Å²) in [5, 5.41) is 11.0. The van der Waals surface area contributed by atoms with Crippen molar-refractivity contribution in [3.63, 3.8) is 0 Å². The van der Waals surface area contributed by atoms with E-state index in [1.807, 2.05) is 0 Å². The van der Waals surface area contributed by atoms with E-state index in [0.29, 0.717) is 6.42 Å². The molecule has 2 radical (unpaired) electrons. The summed E-state index contributed by atoms with van der Waals surface area (Å²) in [6, 6.07) is -0.489. The van der Waals surface area contributed by atoms with E-state index in [2.05, 4.69) is 10.1 Å². The smallest absolute Gasteiger partial charge is 0.305 e. The Morgan fingerprint density at radius 3 is 2.62 bits per heavy atom. The molecular formula is C7H12BNO4. The van der Waals surface area contributed by atoms with Crippen molar-refractivity contribution in [1.82, 2.24) is 5.32 Å². The molecule has 0 bridgehead atoms. The molecule has 5 nitrogen and oxygen atoms in total. The van der Waals surface area contributed by atoms with Crippen LogP contribution in [-0.2, 0) is 9.53 Å². The van der Waals surface area contributed by atoms with Gasteiger partial charge >= 0.3 is 5.97 Å². The number of aliphatic hydroxyl groups excluding tert-OH is 1. The molecule has 0 heterocycles. The van der Waals surface area contributed by atoms with E-state index in [4.69, 9.17) is 13.0 Å². The third kappa shape index (κ3) is 6.16. The number of hydrogen-bond donors (Lipinski definition) is 2. The van der Waals surface area contributed by atoms with Crippen LogP contribution in [-0.4, -0.2) is 44.5 Å². The molecule has 0 saturated carbocycles. The zero-order valence-electron chi connectivity index (χ0n) is 7.45. The molecule has 13 heavy (non-hydrogen) atoms. The highest BCUT2D eigenvalue weighted by Crippen LogP contribution is 1.97. The van der Waals surface area contributed by atoms with Crippen molar-refractivity contribution in [2.45, 2.75) is 18.9 Å². The fourth-order valence-electron chi connectivity index (χ4n) is 0.804. The number of nitrogens with one attached hydrogen (secondary N) is 1. The highest BCUT2D eigenvalue weighted by molar-refractivity contribution is 6.57. The molecule has 2 N–H and O–H groups in total. The van der Waals surface area contributed by atoms with Crippen LogP contribution in [0.4, 0.5) is 4.79 Å². The first-order chi connectivity index (χ1) is 6.10. The van der Waals surface area contributed by atoms with Crippen LogP contribution in [0, 0.1) is 0 Å². The molecule has 0 fully saturated rings. The van der Waals surface area contributed by atoms with Crippen molar-refractivity contribution < 1.29 is 19.4 Å². The van der Waals surface area contributed by atoms with Crippen LogP contribution in [0.1, 0.15) is 12.8 Å². The summed E-state index contributed by atoms with van der Waals surface area (Å²) in [7, 11) is 6.11. The molecule has 0 aliphatic carbocycles. The largest absolute Gasteiger partial charge is 0.469 e. The Balaban J connectivity index is 3.71. The monoisotopic (exact) mass is 185 g/mol. The van der Waals surface area contributed by atoms with Gasteiger partial charge in [0.25, 0.3) is 0 Å². The molecule has 0 aromatic rings. The molecule has 0 rings (SSSR count). The molecule has 0 spiro atoms. The molecule has 0 saturated heterocycles. The van der Waals surface area contributed by atoms with Gasteiger partial charge in [-0.15, -0.1) is 0 Å². The number of amides is 1. The van der Waals surface area contributed by atoms with Gasteiger partial charge in [0.05, 0.1) is 19.8 Å². The standard InChI is InChI=1S/C7H12BNO4/c1-13-6(11)3-2-5(4-10)9-7(8)12/h5,10H,2-4H2,1H3,(H,9,12). The maximum absolute atomic E-state index is 10.7. The maximum atomic E-state index is 10.7. The summed E-state index contributed by atoms with van der Waals surface area (Å²) >= 11 is 0. The van der Waals surface area contributed by atoms with Gasteiger partial charge in [-0.3, -0.25) is 9.59 Å². The minimum Gasteiger partial charge on any atom is -0.469 e. The van der Waals surface area contributed by atoms with E-state index in [1.165, 1.54) is 7.11 Å². The highest BCUT2D eigenvalue weighted by atomic mass is 16.5. The fraction of sp³-hybridized carbons (Fsp3) is 0.714. The van der Waals surface area contributed by atoms with Gasteiger partial charge in [0.15, 0.2) is 5.81 Å². The van der Waals surface area contributed by atoms with Crippen LogP contribution in [0.2, 0.25) is 0 Å². The summed E-state index contributed by atoms with van der Waals surface area (Å²) in [6.45, 7) is -0.250. The molecular weight excluding hydrogens is 173 g/mol. The van der Waals surface area contributed by atoms with Gasteiger partial charge in [-0.1, -0.05) is 0 Å². The van der Waals surface area contributed by atoms with E-state index in [1.54, 1.807) is 0 Å². The number of hydrogen-bond acceptors (Lipinski definition) is 4. The fourth-order valence-corrected chi connectivity index (χ4v) is 0.804. The second-order valence-corrected chi connectivity index (χ2v) is 2.50. The summed E-state index contributed by atoms with van der Waals surface area (Å²) < 4.78 is 4.39. The van der Waals surface area contributed by atoms with Crippen molar-refractivity contribution in [3.8, 4) is 0 Å². The first-order valence-corrected chi connectivity index (χ1v) is 3.83. The number of ether oxygens (including phenoxy) is 1. The molecule has 6 heteroatoms. The van der Waals surface area contributed by atoms with Gasteiger partial charge in [0.2, 0.25) is 7.85 Å². The maximum Gasteiger partial charge on any atom is 0.305 e. The number of carbonyl (C=O) groups is 2. The molecule has 1 amide bonds. The molecule has 1 atom stereocenters. The lowest BCUT2D eigenvalue weighted by atomic mass is 10.1. The summed E-state index contributed by atoms with van der Waals surface area (Å²) in [4.78, 5) is 21.0. The molecule has 72 valence electrons. The van der Waals surface area contributed by atoms with Gasteiger partial charge < -0.3 is 15.2 Å². The second-order valence-electron chi connectivity index (χ2n) is 2.50. The van der Waals surface area contributed by atoms with E-state index >= 15 is 0 Å². The molecule has 1 unspecified atom stereocenters. The van der Waals surface area contributed by atoms with Crippen LogP contribution < -0.4 is 5.32 Å². The molecule has 0 aliphatic rings. The first kappa shape index (κ1) is 12.0. The van der Waals surface area contributed by atoms with Crippen molar-refractivity contribution >= 4 is 19.6 Å². The van der Waals surface area contributed by atoms with Crippen molar-refractivity contribution in [1.29, 1.82) is 0 Å². The predicted octanol–water partition coefficient (Wildman–Crippen LogP) is -0.821. The lowest BCUT2D eigenvalue weighted by Crippen LogP contribution is -2.37. The lowest BCUT2D eigenvalue weighted by Gasteiger charge is -2.14. The van der Waals surface area contributed by atoms with E-state index in [9.17, 15) is 9.59 Å². The van der Waals surface area contributed by atoms with E-state index in [-0.39, 0.29) is 19.0 Å². The van der Waals surface area contributed by atoms with Gasteiger partial charge in [0.1, 0.15) is 0 Å². The van der Waals surface area contributed by atoms with Gasteiger partial charge in [-0.25, -0.2) is 0 Å². The Hall–Kier alpha value is -1.04. The predicted molar refractivity (Wildman–Crippen MR) is 46.4 cm³/mol. The van der Waals surface area contributed by atoms with Crippen molar-refractivity contribution in [2.75, 3.05) is 13.7 Å². The van der Waals surface area contributed by atoms with Crippen LogP contribution in [0.15, 0.2) is 0 Å². The number of esters is 1. The third-order valence-corrected chi connectivity index (χ3v) is 1.49. The van der Waals surface area contributed by atoms with Gasteiger partial charge in [-0.05, 0) is 6.42 Å². The topological polar surface area (TPSA) is 75.6 Å². The Bertz CT molecular complexity index is 185. The van der Waals surface area contributed by atoms with E-state index < -0.39 is 11.8 Å². The van der Waals surface area contributed by atoms with Crippen molar-refractivity contribution in [2.24, 2.45) is 0 Å². The Labute approximate surface area is 77.9 Å². The number of rotatable bonds is 5. The molecule has 0 aromatic carbocycles. The van der Waals surface area contributed by atoms with Crippen LogP contribution >= 0.6 is 0 Å². The lowest BCUT2D eigenvalue weighted by molar-refractivity contribution is -0.140. The SMILES string of the molecule is [B]C(=O)NC(CO)CCC(=O)OC. The second kappa shape index (κ2) is 6.48. The zero-order valence-corrected chi connectivity index (χ0v) is 7.45. The minimum atomic E-state index is -0.719. The number of carbonyl (C=O) groups excluding carboxylic acids is 2. The minimum absolute atomic E-state index is 0.141. The van der Waals surface area contributed by atoms with Crippen LogP contribution in [0.5, 0.6) is 0 Å². The zero-order chi connectivity index (χ0) is 10.3. The summed E-state index contributed by atoms with van der Waals surface area (Å²) in [6.07, 6.45) is 0.453. The Kier molecular flexibility index (Phi) is 5.96. The Morgan fingerprint density at radius 2 is 2.23 bits per heavy atom. The van der Waals surface area contributed by atoms with Crippen molar-refractivity contribution in [3.05, 3.63) is 0 Å². The highest BCUT2D eigenvalue weighted by Gasteiger charge is 2.10. The Morgan fingerprint density at radius 1 is 1.62 bits per heavy atom. The van der Waals surface area contributed by atoms with Crippen LogP contribution in [0.3, 0.4) is 0 Å². The third-order valence-electron chi connectivity index (χ3n) is 1.49. The number of aliphatic hydroxyl groups is 1. The summed E-state index contributed by atoms with van der Waals surface area (Å²) in [5.41, 5.74) is 0. The quantitative estimate of drug-likeness (QED) is 0.433. The van der Waals surface area contributed by atoms with Crippen LogP contribution in [0.25, 0.3) is 0 Å². The number of methoxy groups -OCH3 is 1. The summed E-state index contributed by atoms with van der Waals surface area (Å²) in [5.74, 6) is -1.10. The molecule has 0 aromatic heterocycles. The van der Waals surface area contributed by atoms with Gasteiger partial charge in [0, 0.05) is 6.42 Å². The average molecular weight is 185 g/mol. The van der Waals surface area contributed by atoms with E-state index in [0.717, 1.165) is 0 Å².